The van der Waals surface area contributed by atoms with Gasteiger partial charge in [-0.1, -0.05) is 0 Å². The first-order valence-corrected chi connectivity index (χ1v) is 7.99. The Labute approximate surface area is 144 Å². The van der Waals surface area contributed by atoms with Gasteiger partial charge in [0.15, 0.2) is 11.5 Å². The summed E-state index contributed by atoms with van der Waals surface area (Å²) in [5, 5.41) is 9.77. The highest BCUT2D eigenvalue weighted by Gasteiger charge is 2.44. The van der Waals surface area contributed by atoms with Crippen molar-refractivity contribution in [1.82, 2.24) is 9.97 Å². The second-order valence-corrected chi connectivity index (χ2v) is 5.97. The summed E-state index contributed by atoms with van der Waals surface area (Å²) in [6.45, 7) is 1.21. The molecule has 4 rings (SSSR count). The Bertz CT molecular complexity index is 775. The molecule has 0 saturated carbocycles. The molecule has 1 aromatic heterocycles. The summed E-state index contributed by atoms with van der Waals surface area (Å²) >= 11 is 0. The fraction of sp³-hybridized carbons (Fsp3) is 0.353. The molecule has 0 unspecified atom stereocenters. The number of aromatic nitrogens is 2. The molecule has 1 fully saturated rings. The second-order valence-electron chi connectivity index (χ2n) is 5.97. The molecule has 3 heterocycles. The van der Waals surface area contributed by atoms with Crippen LogP contribution in [0.4, 0.5) is 5.82 Å². The van der Waals surface area contributed by atoms with E-state index in [-0.39, 0.29) is 6.79 Å². The number of anilines is 1. The topological polar surface area (TPSA) is 94.0 Å². The lowest BCUT2D eigenvalue weighted by Gasteiger charge is -2.39. The first-order valence-electron chi connectivity index (χ1n) is 7.99. The standard InChI is InChI=1S/C17H17N3O5/c21-16(22)17(25-12-1-2-13-14(9-12)24-11-23-13)3-7-20(8-4-17)15-10-18-5-6-19-15/h1-2,5-6,9-10H,3-4,7-8,11H2,(H,21,22). The molecule has 0 radical (unpaired) electrons. The van der Waals surface area contributed by atoms with Gasteiger partial charge < -0.3 is 24.2 Å². The summed E-state index contributed by atoms with van der Waals surface area (Å²) in [4.78, 5) is 22.3. The number of hydrogen-bond acceptors (Lipinski definition) is 7. The minimum atomic E-state index is -1.27. The van der Waals surface area contributed by atoms with Gasteiger partial charge in [-0.25, -0.2) is 9.78 Å². The van der Waals surface area contributed by atoms with Crippen molar-refractivity contribution < 1.29 is 24.1 Å². The molecule has 8 heteroatoms. The molecule has 2 aliphatic rings. The van der Waals surface area contributed by atoms with Crippen LogP contribution in [0.15, 0.2) is 36.8 Å². The third-order valence-electron chi connectivity index (χ3n) is 4.49. The van der Waals surface area contributed by atoms with E-state index < -0.39 is 11.6 Å². The lowest BCUT2D eigenvalue weighted by Crippen LogP contribution is -2.53. The Kier molecular flexibility index (Phi) is 3.79. The zero-order valence-corrected chi connectivity index (χ0v) is 13.4. The molecule has 0 bridgehead atoms. The molecule has 2 aliphatic heterocycles. The van der Waals surface area contributed by atoms with Gasteiger partial charge in [0, 0.05) is 44.4 Å². The highest BCUT2D eigenvalue weighted by molar-refractivity contribution is 5.78. The fourth-order valence-corrected chi connectivity index (χ4v) is 3.08. The third kappa shape index (κ3) is 2.90. The predicted octanol–water partition coefficient (Wildman–Crippen LogP) is 1.71. The predicted molar refractivity (Wildman–Crippen MR) is 87.0 cm³/mol. The molecular weight excluding hydrogens is 326 g/mol. The summed E-state index contributed by atoms with van der Waals surface area (Å²) in [6.07, 6.45) is 5.59. The van der Waals surface area contributed by atoms with Crippen LogP contribution < -0.4 is 19.1 Å². The summed E-state index contributed by atoms with van der Waals surface area (Å²) in [6, 6.07) is 5.09. The van der Waals surface area contributed by atoms with Gasteiger partial charge in [0.1, 0.15) is 11.6 Å². The molecule has 1 aromatic carbocycles. The number of piperidine rings is 1. The molecule has 0 aliphatic carbocycles. The van der Waals surface area contributed by atoms with E-state index in [0.717, 1.165) is 5.82 Å². The van der Waals surface area contributed by atoms with Gasteiger partial charge in [-0.15, -0.1) is 0 Å². The number of nitrogens with zero attached hydrogens (tertiary/aromatic N) is 3. The second kappa shape index (κ2) is 6.12. The first kappa shape index (κ1) is 15.5. The maximum absolute atomic E-state index is 11.9. The average Bonchev–Trinajstić information content (AvgIpc) is 3.11. The van der Waals surface area contributed by atoms with Crippen molar-refractivity contribution >= 4 is 11.8 Å². The average molecular weight is 343 g/mol. The van der Waals surface area contributed by atoms with Crippen molar-refractivity contribution in [2.24, 2.45) is 0 Å². The zero-order valence-electron chi connectivity index (χ0n) is 13.4. The highest BCUT2D eigenvalue weighted by atomic mass is 16.7. The number of hydrogen-bond donors (Lipinski definition) is 1. The number of ether oxygens (including phenoxy) is 3. The minimum Gasteiger partial charge on any atom is -0.478 e. The van der Waals surface area contributed by atoms with Crippen molar-refractivity contribution in [3.8, 4) is 17.2 Å². The third-order valence-corrected chi connectivity index (χ3v) is 4.49. The van der Waals surface area contributed by atoms with Gasteiger partial charge in [0.2, 0.25) is 12.4 Å². The Morgan fingerprint density at radius 3 is 2.72 bits per heavy atom. The van der Waals surface area contributed by atoms with Crippen molar-refractivity contribution in [1.29, 1.82) is 0 Å². The van der Waals surface area contributed by atoms with Crippen LogP contribution in [-0.4, -0.2) is 46.5 Å². The van der Waals surface area contributed by atoms with Crippen LogP contribution in [-0.2, 0) is 4.79 Å². The molecular formula is C17H17N3O5. The van der Waals surface area contributed by atoms with E-state index >= 15 is 0 Å². The number of carboxylic acid groups (broad SMARTS) is 1. The zero-order chi connectivity index (χ0) is 17.3. The Morgan fingerprint density at radius 1 is 1.20 bits per heavy atom. The van der Waals surface area contributed by atoms with Crippen LogP contribution in [0.3, 0.4) is 0 Å². The summed E-state index contributed by atoms with van der Waals surface area (Å²) in [7, 11) is 0. The molecule has 1 saturated heterocycles. The Balaban J connectivity index is 1.51. The maximum atomic E-state index is 11.9. The quantitative estimate of drug-likeness (QED) is 0.897. The van der Waals surface area contributed by atoms with Crippen LogP contribution in [0.2, 0.25) is 0 Å². The maximum Gasteiger partial charge on any atom is 0.348 e. The number of fused-ring (bicyclic) bond motifs is 1. The lowest BCUT2D eigenvalue weighted by atomic mass is 9.91. The number of aliphatic carboxylic acids is 1. The van der Waals surface area contributed by atoms with E-state index in [1.165, 1.54) is 0 Å². The van der Waals surface area contributed by atoms with Crippen LogP contribution in [0.25, 0.3) is 0 Å². The molecule has 0 spiro atoms. The lowest BCUT2D eigenvalue weighted by molar-refractivity contribution is -0.157. The van der Waals surface area contributed by atoms with Crippen LogP contribution in [0.1, 0.15) is 12.8 Å². The SMILES string of the molecule is O=C(O)C1(Oc2ccc3c(c2)OCO3)CCN(c2cnccn2)CC1. The van der Waals surface area contributed by atoms with Gasteiger partial charge >= 0.3 is 5.97 Å². The normalized spacial score (nSPS) is 18.0. The van der Waals surface area contributed by atoms with E-state index in [4.69, 9.17) is 14.2 Å². The van der Waals surface area contributed by atoms with Crippen LogP contribution in [0.5, 0.6) is 17.2 Å². The molecule has 0 atom stereocenters. The molecule has 130 valence electrons. The molecule has 25 heavy (non-hydrogen) atoms. The highest BCUT2D eigenvalue weighted by Crippen LogP contribution is 2.38. The first-order chi connectivity index (χ1) is 12.2. The van der Waals surface area contributed by atoms with Crippen LogP contribution in [0, 0.1) is 0 Å². The van der Waals surface area contributed by atoms with E-state index in [1.54, 1.807) is 36.8 Å². The number of benzene rings is 1. The smallest absolute Gasteiger partial charge is 0.348 e. The summed E-state index contributed by atoms with van der Waals surface area (Å²) in [5.74, 6) is 1.43. The number of carboxylic acids is 1. The number of carbonyl (C=O) groups is 1. The van der Waals surface area contributed by atoms with E-state index in [1.807, 2.05) is 4.90 Å². The van der Waals surface area contributed by atoms with E-state index in [2.05, 4.69) is 9.97 Å². The fourth-order valence-electron chi connectivity index (χ4n) is 3.08. The van der Waals surface area contributed by atoms with Gasteiger partial charge in [-0.05, 0) is 12.1 Å². The van der Waals surface area contributed by atoms with Crippen molar-refractivity contribution in [2.45, 2.75) is 18.4 Å². The summed E-state index contributed by atoms with van der Waals surface area (Å²) in [5.41, 5.74) is -1.27. The van der Waals surface area contributed by atoms with Gasteiger partial charge in [-0.2, -0.15) is 0 Å². The Hall–Kier alpha value is -3.03. The summed E-state index contributed by atoms with van der Waals surface area (Å²) < 4.78 is 16.5. The van der Waals surface area contributed by atoms with Crippen molar-refractivity contribution in [3.63, 3.8) is 0 Å². The van der Waals surface area contributed by atoms with E-state index in [9.17, 15) is 9.90 Å². The van der Waals surface area contributed by atoms with Gasteiger partial charge in [-0.3, -0.25) is 4.98 Å². The molecule has 0 amide bonds. The molecule has 8 nitrogen and oxygen atoms in total. The Morgan fingerprint density at radius 2 is 2.00 bits per heavy atom. The minimum absolute atomic E-state index is 0.163. The van der Waals surface area contributed by atoms with Crippen LogP contribution >= 0.6 is 0 Å². The largest absolute Gasteiger partial charge is 0.478 e. The molecule has 2 aromatic rings. The monoisotopic (exact) mass is 343 g/mol. The molecule has 1 N–H and O–H groups in total. The van der Waals surface area contributed by atoms with Gasteiger partial charge in [0.05, 0.1) is 6.20 Å². The van der Waals surface area contributed by atoms with Crippen molar-refractivity contribution in [3.05, 3.63) is 36.8 Å². The van der Waals surface area contributed by atoms with Gasteiger partial charge in [0.25, 0.3) is 0 Å². The van der Waals surface area contributed by atoms with E-state index in [0.29, 0.717) is 43.2 Å². The number of rotatable bonds is 4. The van der Waals surface area contributed by atoms with Crippen molar-refractivity contribution in [2.75, 3.05) is 24.8 Å².